The van der Waals surface area contributed by atoms with E-state index in [2.05, 4.69) is 0 Å². The van der Waals surface area contributed by atoms with Crippen molar-refractivity contribution in [3.05, 3.63) is 0 Å². The number of nitrogens with zero attached hydrogens (tertiary/aromatic N) is 1. The van der Waals surface area contributed by atoms with E-state index >= 15 is 0 Å². The summed E-state index contributed by atoms with van der Waals surface area (Å²) in [4.78, 5) is 25.3. The van der Waals surface area contributed by atoms with Crippen LogP contribution in [0.1, 0.15) is 62.8 Å². The van der Waals surface area contributed by atoms with Crippen LogP contribution in [0.25, 0.3) is 0 Å². The number of hydrogen-bond donors (Lipinski definition) is 0. The van der Waals surface area contributed by atoms with E-state index in [1.165, 1.54) is 6.92 Å². The molecule has 0 aromatic carbocycles. The summed E-state index contributed by atoms with van der Waals surface area (Å²) in [6.07, 6.45) is -7.73. The van der Waals surface area contributed by atoms with Gasteiger partial charge < -0.3 is 4.90 Å². The van der Waals surface area contributed by atoms with Gasteiger partial charge in [-0.2, -0.15) is 0 Å². The van der Waals surface area contributed by atoms with Crippen LogP contribution in [0.5, 0.6) is 0 Å². The lowest BCUT2D eigenvalue weighted by atomic mass is 9.92. The van der Waals surface area contributed by atoms with E-state index < -0.39 is 55.2 Å². The molecule has 1 aliphatic rings. The second kappa shape index (κ2) is 4.98. The van der Waals surface area contributed by atoms with Crippen molar-refractivity contribution in [3.8, 4) is 0 Å². The largest absolute Gasteiger partial charge is 0.330 e. The molecule has 0 radical (unpaired) electrons. The second-order valence-corrected chi connectivity index (χ2v) is 4.01. The third-order valence-corrected chi connectivity index (χ3v) is 3.03. The van der Waals surface area contributed by atoms with E-state index in [9.17, 15) is 9.59 Å². The van der Waals surface area contributed by atoms with Crippen LogP contribution in [0, 0.1) is 5.89 Å². The number of rotatable bonds is 5. The number of likely N-dealkylation sites (tertiary alicyclic amines) is 1. The Hall–Kier alpha value is -0.860. The maximum atomic E-state index is 12.4. The van der Waals surface area contributed by atoms with E-state index in [0.717, 1.165) is 25.7 Å². The van der Waals surface area contributed by atoms with Gasteiger partial charge in [-0.3, -0.25) is 9.59 Å². The normalized spacial score (nSPS) is 38.4. The van der Waals surface area contributed by atoms with Crippen LogP contribution in [0.4, 0.5) is 0 Å². The number of amides is 1. The first-order valence-electron chi connectivity index (χ1n) is 8.73. The Labute approximate surface area is 108 Å². The highest BCUT2D eigenvalue weighted by atomic mass is 16.2. The summed E-state index contributed by atoms with van der Waals surface area (Å²) in [6.45, 7) is 4.01. The zero-order valence-electron chi connectivity index (χ0n) is 17.2. The topological polar surface area (TPSA) is 37.4 Å². The van der Waals surface area contributed by atoms with Gasteiger partial charge in [-0.25, -0.2) is 0 Å². The smallest absolute Gasteiger partial charge is 0.223 e. The fourth-order valence-electron chi connectivity index (χ4n) is 1.78. The van der Waals surface area contributed by atoms with Gasteiger partial charge in [0.1, 0.15) is 0 Å². The van der Waals surface area contributed by atoms with Crippen LogP contribution >= 0.6 is 0 Å². The molecule has 0 spiro atoms. The average molecular weight is 232 g/mol. The van der Waals surface area contributed by atoms with Crippen LogP contribution in [-0.2, 0) is 9.59 Å². The molecule has 0 unspecified atom stereocenters. The lowest BCUT2D eigenvalue weighted by Crippen LogP contribution is -2.51. The van der Waals surface area contributed by atoms with Gasteiger partial charge in [0.15, 0.2) is 5.78 Å². The van der Waals surface area contributed by atoms with Gasteiger partial charge >= 0.3 is 0 Å². The minimum Gasteiger partial charge on any atom is -0.330 e. The van der Waals surface area contributed by atoms with Gasteiger partial charge in [-0.15, -0.1) is 0 Å². The first-order valence-corrected chi connectivity index (χ1v) is 5.23. The molecule has 0 bridgehead atoms. The SMILES string of the molecule is [2H]C([2H])(C)C([2H])([2H])[C@]1([2H])CC(=O)N([C@](C)(C(C)=O)C([2H])([2H])C)C1. The van der Waals surface area contributed by atoms with Crippen LogP contribution in [-0.4, -0.2) is 28.7 Å². The Morgan fingerprint density at radius 2 is 2.31 bits per heavy atom. The molecule has 2 atom stereocenters. The molecular formula is C13H23NO2. The van der Waals surface area contributed by atoms with Gasteiger partial charge in [-0.05, 0) is 32.5 Å². The van der Waals surface area contributed by atoms with Gasteiger partial charge in [0, 0.05) is 22.6 Å². The van der Waals surface area contributed by atoms with E-state index in [4.69, 9.17) is 9.60 Å². The third-order valence-electron chi connectivity index (χ3n) is 3.03. The summed E-state index contributed by atoms with van der Waals surface area (Å²) in [5.74, 6) is -3.44. The first-order chi connectivity index (χ1) is 9.92. The second-order valence-electron chi connectivity index (χ2n) is 4.01. The first kappa shape index (κ1) is 6.18. The summed E-state index contributed by atoms with van der Waals surface area (Å²) in [6, 6.07) is 0. The van der Waals surface area contributed by atoms with E-state index in [1.807, 2.05) is 0 Å². The summed E-state index contributed by atoms with van der Waals surface area (Å²) in [7, 11) is 0. The molecule has 0 aliphatic carbocycles. The van der Waals surface area contributed by atoms with Crippen molar-refractivity contribution in [2.24, 2.45) is 5.89 Å². The maximum Gasteiger partial charge on any atom is 0.223 e. The van der Waals surface area contributed by atoms with Crippen molar-refractivity contribution < 1.29 is 19.2 Å². The van der Waals surface area contributed by atoms with Crippen LogP contribution in [0.3, 0.4) is 0 Å². The molecule has 0 N–H and O–H groups in total. The molecule has 0 aromatic heterocycles. The van der Waals surface area contributed by atoms with E-state index in [-0.39, 0.29) is 0 Å². The van der Waals surface area contributed by atoms with Crippen molar-refractivity contribution in [1.29, 1.82) is 0 Å². The number of carbonyl (C=O) groups excluding carboxylic acids is 2. The predicted molar refractivity (Wildman–Crippen MR) is 64.1 cm³/mol. The molecule has 1 aliphatic heterocycles. The monoisotopic (exact) mass is 232 g/mol. The molecule has 3 nitrogen and oxygen atoms in total. The minimum atomic E-state index is -2.65. The van der Waals surface area contributed by atoms with Crippen LogP contribution in [0.2, 0.25) is 0 Å². The Bertz CT molecular complexity index is 525. The lowest BCUT2D eigenvalue weighted by molar-refractivity contribution is -0.141. The molecule has 0 saturated carbocycles. The molecule has 1 heterocycles. The summed E-state index contributed by atoms with van der Waals surface area (Å²) >= 11 is 0. The van der Waals surface area contributed by atoms with Crippen LogP contribution < -0.4 is 0 Å². The Morgan fingerprint density at radius 1 is 1.69 bits per heavy atom. The van der Waals surface area contributed by atoms with Crippen molar-refractivity contribution in [1.82, 2.24) is 4.90 Å². The van der Waals surface area contributed by atoms with Crippen molar-refractivity contribution in [2.75, 3.05) is 6.54 Å². The van der Waals surface area contributed by atoms with Crippen molar-refractivity contribution in [2.45, 2.75) is 58.8 Å². The fourth-order valence-corrected chi connectivity index (χ4v) is 1.78. The molecule has 1 fully saturated rings. The summed E-state index contributed by atoms with van der Waals surface area (Å²) in [5.41, 5.74) is -1.84. The summed E-state index contributed by atoms with van der Waals surface area (Å²) < 4.78 is 55.3. The quantitative estimate of drug-likeness (QED) is 0.730. The van der Waals surface area contributed by atoms with Gasteiger partial charge in [0.25, 0.3) is 0 Å². The van der Waals surface area contributed by atoms with Gasteiger partial charge in [0.05, 0.1) is 5.54 Å². The molecular weight excluding hydrogens is 202 g/mol. The molecule has 1 amide bonds. The predicted octanol–water partition coefficient (Wildman–Crippen LogP) is 2.39. The van der Waals surface area contributed by atoms with Crippen molar-refractivity contribution in [3.63, 3.8) is 0 Å². The highest BCUT2D eigenvalue weighted by molar-refractivity contribution is 5.91. The molecule has 92 valence electrons. The molecule has 0 aromatic rings. The standard InChI is InChI=1S/C13H23NO2/c1-5-7-11-8-12(16)14(9-11)13(4,6-2)10(3)15/h11H,5-9H2,1-4H3/t11-,13+/m1/s1/i5D2,6D2,7D2,11D. The van der Waals surface area contributed by atoms with Gasteiger partial charge in [0.2, 0.25) is 5.91 Å². The number of carbonyl (C=O) groups is 2. The van der Waals surface area contributed by atoms with Gasteiger partial charge in [-0.1, -0.05) is 20.2 Å². The molecule has 1 rings (SSSR count). The lowest BCUT2D eigenvalue weighted by Gasteiger charge is -2.36. The maximum absolute atomic E-state index is 12.4. The zero-order chi connectivity index (χ0) is 18.6. The Morgan fingerprint density at radius 3 is 2.75 bits per heavy atom. The number of Topliss-reactive ketones (excluding diaryl/α,β-unsaturated/α-hetero) is 1. The Kier molecular flexibility index (Phi) is 1.92. The number of ketones is 1. The molecule has 1 saturated heterocycles. The highest BCUT2D eigenvalue weighted by Gasteiger charge is 2.42. The minimum absolute atomic E-state index is 0.546. The van der Waals surface area contributed by atoms with E-state index in [0.29, 0.717) is 0 Å². The number of hydrogen-bond acceptors (Lipinski definition) is 2. The van der Waals surface area contributed by atoms with Crippen molar-refractivity contribution >= 4 is 11.7 Å². The fraction of sp³-hybridized carbons (Fsp3) is 0.846. The average Bonchev–Trinajstić information content (AvgIpc) is 2.62. The third kappa shape index (κ3) is 2.28. The molecule has 3 heteroatoms. The summed E-state index contributed by atoms with van der Waals surface area (Å²) in [5, 5.41) is 0. The highest BCUT2D eigenvalue weighted by Crippen LogP contribution is 2.31. The zero-order valence-corrected chi connectivity index (χ0v) is 10.2. The van der Waals surface area contributed by atoms with E-state index in [1.54, 1.807) is 0 Å². The Balaban J connectivity index is 3.37. The molecule has 16 heavy (non-hydrogen) atoms. The van der Waals surface area contributed by atoms with Crippen LogP contribution in [0.15, 0.2) is 0 Å².